The van der Waals surface area contributed by atoms with Crippen molar-refractivity contribution < 1.29 is 19.0 Å². The molecule has 1 amide bonds. The smallest absolute Gasteiger partial charge is 0.269 e. The third-order valence-corrected chi connectivity index (χ3v) is 4.62. The Bertz CT molecular complexity index is 1020. The molecule has 0 bridgehead atoms. The number of anilines is 2. The first-order valence-electron chi connectivity index (χ1n) is 9.76. The number of hydrogen-bond acceptors (Lipinski definition) is 5. The molecule has 0 aliphatic carbocycles. The van der Waals surface area contributed by atoms with Crippen LogP contribution in [0.2, 0.25) is 0 Å². The molecule has 0 saturated carbocycles. The van der Waals surface area contributed by atoms with Gasteiger partial charge >= 0.3 is 0 Å². The minimum atomic E-state index is -0.393. The Morgan fingerprint density at radius 1 is 1.33 bits per heavy atom. The van der Waals surface area contributed by atoms with Crippen molar-refractivity contribution in [3.8, 4) is 5.75 Å². The van der Waals surface area contributed by atoms with Gasteiger partial charge in [0.25, 0.3) is 5.91 Å². The Balaban J connectivity index is 0.000000575. The molecule has 3 aromatic rings. The van der Waals surface area contributed by atoms with Crippen LogP contribution in [0.1, 0.15) is 35.8 Å². The summed E-state index contributed by atoms with van der Waals surface area (Å²) in [6.07, 6.45) is 5.24. The van der Waals surface area contributed by atoms with E-state index in [-0.39, 0.29) is 11.6 Å². The molecule has 0 unspecified atom stereocenters. The number of halogens is 1. The average Bonchev–Trinajstić information content (AvgIpc) is 3.02. The third kappa shape index (κ3) is 4.88. The van der Waals surface area contributed by atoms with Crippen molar-refractivity contribution in [2.24, 2.45) is 7.05 Å². The minimum Gasteiger partial charge on any atom is -0.493 e. The highest BCUT2D eigenvalue weighted by atomic mass is 19.1. The van der Waals surface area contributed by atoms with Crippen molar-refractivity contribution in [2.45, 2.75) is 26.7 Å². The molecule has 0 atom stereocenters. The number of ether oxygens (including phenoxy) is 1. The number of aliphatic hydroxyl groups is 1. The van der Waals surface area contributed by atoms with E-state index in [1.54, 1.807) is 43.2 Å². The lowest BCUT2D eigenvalue weighted by atomic mass is 10.2. The number of carbonyl (C=O) groups excluding carboxylic acids is 1. The van der Waals surface area contributed by atoms with Crippen LogP contribution in [0, 0.1) is 12.7 Å². The van der Waals surface area contributed by atoms with E-state index in [1.165, 1.54) is 13.2 Å². The van der Waals surface area contributed by atoms with Crippen molar-refractivity contribution in [1.29, 1.82) is 0 Å². The standard InChI is InChI=1S/C18H19FN4O2.C4H10O/c1-10-5-6-13(12(19)7-10)22-15-11-8-21-9-14(25-4)16(11)23(3)17(15)18(24)20-2;1-2-3-4-5/h5-9,22H,1-4H3,(H,20,24);5H,2-4H2,1H3. The molecule has 8 heteroatoms. The average molecular weight is 416 g/mol. The second kappa shape index (κ2) is 10.6. The number of fused-ring (bicyclic) bond motifs is 1. The van der Waals surface area contributed by atoms with Crippen LogP contribution >= 0.6 is 0 Å². The van der Waals surface area contributed by atoms with Crippen LogP contribution in [-0.4, -0.2) is 41.3 Å². The van der Waals surface area contributed by atoms with E-state index in [1.807, 2.05) is 6.92 Å². The van der Waals surface area contributed by atoms with Gasteiger partial charge in [0.2, 0.25) is 0 Å². The molecule has 0 saturated heterocycles. The molecule has 0 aliphatic heterocycles. The lowest BCUT2D eigenvalue weighted by Gasteiger charge is -2.10. The fourth-order valence-electron chi connectivity index (χ4n) is 3.04. The van der Waals surface area contributed by atoms with Crippen molar-refractivity contribution in [2.75, 3.05) is 26.1 Å². The number of rotatable bonds is 6. The fraction of sp³-hybridized carbons (Fsp3) is 0.364. The highest BCUT2D eigenvalue weighted by Gasteiger charge is 2.23. The lowest BCUT2D eigenvalue weighted by molar-refractivity contribution is 0.0956. The Labute approximate surface area is 175 Å². The molecule has 3 N–H and O–H groups in total. The maximum Gasteiger partial charge on any atom is 0.269 e. The zero-order valence-electron chi connectivity index (χ0n) is 18.0. The van der Waals surface area contributed by atoms with Crippen LogP contribution in [0.25, 0.3) is 10.9 Å². The largest absolute Gasteiger partial charge is 0.493 e. The van der Waals surface area contributed by atoms with Gasteiger partial charge < -0.3 is 25.0 Å². The lowest BCUT2D eigenvalue weighted by Crippen LogP contribution is -2.21. The highest BCUT2D eigenvalue weighted by molar-refractivity contribution is 6.10. The van der Waals surface area contributed by atoms with Gasteiger partial charge in [-0.1, -0.05) is 19.4 Å². The van der Waals surface area contributed by atoms with Gasteiger partial charge in [-0.15, -0.1) is 0 Å². The van der Waals surface area contributed by atoms with Gasteiger partial charge in [-0.25, -0.2) is 4.39 Å². The molecular formula is C22H29FN4O3. The molecule has 7 nitrogen and oxygen atoms in total. The van der Waals surface area contributed by atoms with E-state index in [4.69, 9.17) is 9.84 Å². The predicted molar refractivity (Wildman–Crippen MR) is 117 cm³/mol. The van der Waals surface area contributed by atoms with Crippen molar-refractivity contribution in [3.05, 3.63) is 47.7 Å². The number of hydrogen-bond donors (Lipinski definition) is 3. The summed E-state index contributed by atoms with van der Waals surface area (Å²) in [6, 6.07) is 4.88. The number of aryl methyl sites for hydroxylation is 2. The maximum atomic E-state index is 14.3. The molecule has 0 aliphatic rings. The molecule has 2 aromatic heterocycles. The molecule has 0 fully saturated rings. The summed E-state index contributed by atoms with van der Waals surface area (Å²) in [7, 11) is 4.84. The summed E-state index contributed by atoms with van der Waals surface area (Å²) in [6.45, 7) is 4.21. The van der Waals surface area contributed by atoms with Crippen LogP contribution in [0.15, 0.2) is 30.6 Å². The number of aliphatic hydroxyl groups excluding tert-OH is 1. The van der Waals surface area contributed by atoms with Crippen LogP contribution < -0.4 is 15.4 Å². The second-order valence-corrected chi connectivity index (χ2v) is 6.79. The number of nitrogens with zero attached hydrogens (tertiary/aromatic N) is 2. The van der Waals surface area contributed by atoms with Gasteiger partial charge in [0.05, 0.1) is 30.2 Å². The molecule has 2 heterocycles. The predicted octanol–water partition coefficient (Wildman–Crippen LogP) is 3.91. The van der Waals surface area contributed by atoms with Crippen molar-refractivity contribution in [1.82, 2.24) is 14.9 Å². The first-order chi connectivity index (χ1) is 14.4. The summed E-state index contributed by atoms with van der Waals surface area (Å²) in [5.41, 5.74) is 2.64. The molecule has 0 radical (unpaired) electrons. The van der Waals surface area contributed by atoms with Gasteiger partial charge in [0.15, 0.2) is 5.75 Å². The quantitative estimate of drug-likeness (QED) is 0.567. The van der Waals surface area contributed by atoms with Gasteiger partial charge in [0, 0.05) is 32.3 Å². The third-order valence-electron chi connectivity index (χ3n) is 4.62. The number of unbranched alkanes of at least 4 members (excludes halogenated alkanes) is 1. The number of amides is 1. The van der Waals surface area contributed by atoms with Gasteiger partial charge in [-0.2, -0.15) is 0 Å². The number of pyridine rings is 1. The van der Waals surface area contributed by atoms with E-state index in [0.29, 0.717) is 34.6 Å². The zero-order chi connectivity index (χ0) is 22.3. The second-order valence-electron chi connectivity index (χ2n) is 6.79. The van der Waals surface area contributed by atoms with Gasteiger partial charge in [0.1, 0.15) is 11.5 Å². The van der Waals surface area contributed by atoms with Crippen LogP contribution in [-0.2, 0) is 7.05 Å². The topological polar surface area (TPSA) is 88.4 Å². The number of carbonyl (C=O) groups is 1. The molecular weight excluding hydrogens is 387 g/mol. The first-order valence-corrected chi connectivity index (χ1v) is 9.76. The summed E-state index contributed by atoms with van der Waals surface area (Å²) < 4.78 is 21.4. The SMILES string of the molecule is CCCCO.CNC(=O)c1c(Nc2ccc(C)cc2F)c2cncc(OC)c2n1C. The monoisotopic (exact) mass is 416 g/mol. The van der Waals surface area contributed by atoms with Crippen LogP contribution in [0.5, 0.6) is 5.75 Å². The highest BCUT2D eigenvalue weighted by Crippen LogP contribution is 2.37. The van der Waals surface area contributed by atoms with Crippen LogP contribution in [0.4, 0.5) is 15.8 Å². The van der Waals surface area contributed by atoms with E-state index >= 15 is 0 Å². The Hall–Kier alpha value is -3.13. The molecule has 0 spiro atoms. The van der Waals surface area contributed by atoms with Gasteiger partial charge in [-0.3, -0.25) is 9.78 Å². The summed E-state index contributed by atoms with van der Waals surface area (Å²) in [5, 5.41) is 14.4. The van der Waals surface area contributed by atoms with E-state index in [9.17, 15) is 9.18 Å². The van der Waals surface area contributed by atoms with Crippen molar-refractivity contribution in [3.63, 3.8) is 0 Å². The van der Waals surface area contributed by atoms with E-state index < -0.39 is 5.82 Å². The minimum absolute atomic E-state index is 0.283. The molecule has 162 valence electrons. The summed E-state index contributed by atoms with van der Waals surface area (Å²) in [4.78, 5) is 16.6. The Morgan fingerprint density at radius 3 is 2.60 bits per heavy atom. The maximum absolute atomic E-state index is 14.3. The number of benzene rings is 1. The number of nitrogens with one attached hydrogen (secondary N) is 2. The zero-order valence-corrected chi connectivity index (χ0v) is 18.0. The van der Waals surface area contributed by atoms with E-state index in [2.05, 4.69) is 22.5 Å². The summed E-state index contributed by atoms with van der Waals surface area (Å²) in [5.74, 6) is -0.158. The Kier molecular flexibility index (Phi) is 8.17. The first kappa shape index (κ1) is 23.2. The number of aromatic nitrogens is 2. The fourth-order valence-corrected chi connectivity index (χ4v) is 3.04. The molecule has 3 rings (SSSR count). The van der Waals surface area contributed by atoms with Crippen molar-refractivity contribution >= 4 is 28.2 Å². The number of methoxy groups -OCH3 is 1. The molecule has 30 heavy (non-hydrogen) atoms. The molecule has 1 aromatic carbocycles. The normalized spacial score (nSPS) is 10.4. The summed E-state index contributed by atoms with van der Waals surface area (Å²) >= 11 is 0. The Morgan fingerprint density at radius 2 is 2.07 bits per heavy atom. The van der Waals surface area contributed by atoms with Gasteiger partial charge in [-0.05, 0) is 31.0 Å². The van der Waals surface area contributed by atoms with E-state index in [0.717, 1.165) is 18.4 Å². The van der Waals surface area contributed by atoms with Crippen LogP contribution in [0.3, 0.4) is 0 Å².